The molecule has 0 heterocycles. The normalized spacial score (nSPS) is 20.8. The van der Waals surface area contributed by atoms with E-state index in [2.05, 4.69) is 24.7 Å². The second kappa shape index (κ2) is 7.56. The van der Waals surface area contributed by atoms with Crippen molar-refractivity contribution in [2.24, 2.45) is 5.92 Å². The van der Waals surface area contributed by atoms with Crippen molar-refractivity contribution in [1.29, 1.82) is 0 Å². The molecule has 0 aliphatic heterocycles. The van der Waals surface area contributed by atoms with Gasteiger partial charge in [-0.2, -0.15) is 0 Å². The van der Waals surface area contributed by atoms with Crippen LogP contribution in [0.4, 0.5) is 0 Å². The van der Waals surface area contributed by atoms with E-state index in [4.69, 9.17) is 0 Å². The summed E-state index contributed by atoms with van der Waals surface area (Å²) in [5.74, 6) is 0.570. The van der Waals surface area contributed by atoms with Gasteiger partial charge in [0.25, 0.3) is 0 Å². The fraction of sp³-hybridized carbons (Fsp3) is 0.273. The Balaban J connectivity index is 2.04. The quantitative estimate of drug-likeness (QED) is 0.784. The molecular formula is C22H26NOP. The molecule has 0 radical (unpaired) electrons. The largest absolute Gasteiger partial charge is 0.297 e. The molecule has 2 aromatic carbocycles. The van der Waals surface area contributed by atoms with Crippen molar-refractivity contribution in [1.82, 2.24) is 5.09 Å². The minimum atomic E-state index is -2.93. The summed E-state index contributed by atoms with van der Waals surface area (Å²) in [7, 11) is -2.93. The Morgan fingerprint density at radius 2 is 1.56 bits per heavy atom. The molecule has 0 bridgehead atoms. The summed E-state index contributed by atoms with van der Waals surface area (Å²) in [5.41, 5.74) is 2.25. The molecule has 3 heteroatoms. The lowest BCUT2D eigenvalue weighted by molar-refractivity contribution is 0.452. The summed E-state index contributed by atoms with van der Waals surface area (Å²) < 4.78 is 14.2. The third-order valence-corrected chi connectivity index (χ3v) is 7.55. The summed E-state index contributed by atoms with van der Waals surface area (Å²) in [6.07, 6.45) is 4.29. The van der Waals surface area contributed by atoms with Crippen LogP contribution in [0, 0.1) is 5.92 Å². The topological polar surface area (TPSA) is 29.1 Å². The highest BCUT2D eigenvalue weighted by molar-refractivity contribution is 7.76. The molecule has 25 heavy (non-hydrogen) atoms. The van der Waals surface area contributed by atoms with E-state index >= 15 is 0 Å². The molecule has 2 atom stereocenters. The number of nitrogens with one attached hydrogen (secondary N) is 1. The lowest BCUT2D eigenvalue weighted by Gasteiger charge is -2.33. The van der Waals surface area contributed by atoms with Crippen LogP contribution < -0.4 is 15.7 Å². The molecule has 0 amide bonds. The molecule has 0 aromatic heterocycles. The van der Waals surface area contributed by atoms with Gasteiger partial charge in [0.2, 0.25) is 7.29 Å². The average Bonchev–Trinajstić information content (AvgIpc) is 2.63. The molecule has 130 valence electrons. The van der Waals surface area contributed by atoms with Crippen molar-refractivity contribution in [3.63, 3.8) is 0 Å². The fourth-order valence-corrected chi connectivity index (χ4v) is 5.95. The van der Waals surface area contributed by atoms with Crippen LogP contribution in [0.5, 0.6) is 0 Å². The molecular weight excluding hydrogens is 325 g/mol. The Labute approximate surface area is 151 Å². The van der Waals surface area contributed by atoms with E-state index in [0.29, 0.717) is 5.92 Å². The molecule has 2 aromatic rings. The van der Waals surface area contributed by atoms with Crippen LogP contribution >= 0.6 is 7.29 Å². The standard InChI is InChI=1S/C22H26NOP/c1-17(2)21-15-14-18(3)16-22(21)23-25(24,19-10-6-4-7-11-19)20-12-8-5-9-13-20/h4-13,15,18,22H,1,14,16H2,2-3H3,(H,23,24)/t18-,22-/m0/s1. The first-order chi connectivity index (χ1) is 12.0. The zero-order valence-electron chi connectivity index (χ0n) is 15.0. The van der Waals surface area contributed by atoms with Gasteiger partial charge in [0.1, 0.15) is 0 Å². The monoisotopic (exact) mass is 351 g/mol. The van der Waals surface area contributed by atoms with Crippen LogP contribution in [0.1, 0.15) is 26.7 Å². The van der Waals surface area contributed by atoms with Gasteiger partial charge in [0.05, 0.1) is 0 Å². The van der Waals surface area contributed by atoms with E-state index in [0.717, 1.165) is 29.0 Å². The van der Waals surface area contributed by atoms with E-state index < -0.39 is 7.29 Å². The predicted octanol–water partition coefficient (Wildman–Crippen LogP) is 4.81. The molecule has 0 saturated carbocycles. The summed E-state index contributed by atoms with van der Waals surface area (Å²) in [5, 5.41) is 5.25. The van der Waals surface area contributed by atoms with E-state index in [1.807, 2.05) is 67.6 Å². The first-order valence-electron chi connectivity index (χ1n) is 8.85. The number of hydrogen-bond acceptors (Lipinski definition) is 1. The summed E-state index contributed by atoms with van der Waals surface area (Å²) in [4.78, 5) is 0. The van der Waals surface area contributed by atoms with Crippen molar-refractivity contribution in [2.45, 2.75) is 32.7 Å². The highest BCUT2D eigenvalue weighted by Gasteiger charge is 2.33. The zero-order valence-corrected chi connectivity index (χ0v) is 15.9. The van der Waals surface area contributed by atoms with Gasteiger partial charge in [-0.1, -0.05) is 61.5 Å². The second-order valence-electron chi connectivity index (χ2n) is 6.98. The van der Waals surface area contributed by atoms with Crippen LogP contribution in [0.2, 0.25) is 0 Å². The summed E-state index contributed by atoms with van der Waals surface area (Å²) in [6.45, 7) is 8.41. The van der Waals surface area contributed by atoms with E-state index in [1.54, 1.807) is 0 Å². The van der Waals surface area contributed by atoms with E-state index in [-0.39, 0.29) is 6.04 Å². The third kappa shape index (κ3) is 3.86. The van der Waals surface area contributed by atoms with Crippen molar-refractivity contribution in [3.05, 3.63) is 84.5 Å². The fourth-order valence-electron chi connectivity index (χ4n) is 3.48. The maximum Gasteiger partial charge on any atom is 0.205 e. The van der Waals surface area contributed by atoms with Crippen LogP contribution in [0.15, 0.2) is 84.5 Å². The minimum Gasteiger partial charge on any atom is -0.297 e. The second-order valence-corrected chi connectivity index (χ2v) is 9.49. The number of allylic oxidation sites excluding steroid dienone is 1. The lowest BCUT2D eigenvalue weighted by atomic mass is 9.85. The van der Waals surface area contributed by atoms with Crippen molar-refractivity contribution in [2.75, 3.05) is 0 Å². The van der Waals surface area contributed by atoms with Gasteiger partial charge in [-0.3, -0.25) is 9.65 Å². The number of hydrogen-bond donors (Lipinski definition) is 1. The van der Waals surface area contributed by atoms with Crippen molar-refractivity contribution < 1.29 is 4.57 Å². The van der Waals surface area contributed by atoms with Crippen molar-refractivity contribution in [3.8, 4) is 0 Å². The third-order valence-electron chi connectivity index (χ3n) is 4.82. The Morgan fingerprint density at radius 1 is 1.04 bits per heavy atom. The Hall–Kier alpha value is -1.89. The molecule has 0 unspecified atom stereocenters. The molecule has 0 fully saturated rings. The molecule has 0 spiro atoms. The molecule has 1 aliphatic carbocycles. The maximum atomic E-state index is 14.2. The summed E-state index contributed by atoms with van der Waals surface area (Å²) in [6, 6.07) is 19.6. The van der Waals surface area contributed by atoms with Gasteiger partial charge in [-0.15, -0.1) is 0 Å². The van der Waals surface area contributed by atoms with E-state index in [1.165, 1.54) is 5.57 Å². The lowest BCUT2D eigenvalue weighted by Crippen LogP contribution is -2.38. The maximum absolute atomic E-state index is 14.2. The van der Waals surface area contributed by atoms with E-state index in [9.17, 15) is 4.57 Å². The number of rotatable bonds is 5. The van der Waals surface area contributed by atoms with Crippen molar-refractivity contribution >= 4 is 17.9 Å². The molecule has 1 aliphatic rings. The number of benzene rings is 2. The smallest absolute Gasteiger partial charge is 0.205 e. The average molecular weight is 351 g/mol. The van der Waals surface area contributed by atoms with Gasteiger partial charge in [0, 0.05) is 16.7 Å². The van der Waals surface area contributed by atoms with Gasteiger partial charge >= 0.3 is 0 Å². The zero-order chi connectivity index (χ0) is 17.9. The molecule has 1 N–H and O–H groups in total. The predicted molar refractivity (Wildman–Crippen MR) is 108 cm³/mol. The molecule has 0 saturated heterocycles. The highest BCUT2D eigenvalue weighted by Crippen LogP contribution is 2.42. The van der Waals surface area contributed by atoms with Gasteiger partial charge < -0.3 is 0 Å². The van der Waals surface area contributed by atoms with Crippen LogP contribution in [-0.2, 0) is 4.57 Å². The van der Waals surface area contributed by atoms with Crippen LogP contribution in [-0.4, -0.2) is 6.04 Å². The SMILES string of the molecule is C=C(C)C1=CC[C@H](C)C[C@@H]1NP(=O)(c1ccccc1)c1ccccc1. The highest BCUT2D eigenvalue weighted by atomic mass is 31.2. The van der Waals surface area contributed by atoms with Gasteiger partial charge in [-0.05, 0) is 55.5 Å². The Bertz CT molecular complexity index is 767. The molecule has 3 rings (SSSR count). The first-order valence-corrected chi connectivity index (χ1v) is 10.6. The van der Waals surface area contributed by atoms with Gasteiger partial charge in [-0.25, -0.2) is 0 Å². The Kier molecular flexibility index (Phi) is 5.42. The summed E-state index contributed by atoms with van der Waals surface area (Å²) >= 11 is 0. The van der Waals surface area contributed by atoms with Crippen LogP contribution in [0.25, 0.3) is 0 Å². The Morgan fingerprint density at radius 3 is 2.04 bits per heavy atom. The minimum absolute atomic E-state index is 0.0625. The first kappa shape index (κ1) is 17.9. The molecule has 2 nitrogen and oxygen atoms in total. The van der Waals surface area contributed by atoms with Crippen LogP contribution in [0.3, 0.4) is 0 Å². The van der Waals surface area contributed by atoms with Gasteiger partial charge in [0.15, 0.2) is 0 Å².